The van der Waals surface area contributed by atoms with Crippen molar-refractivity contribution >= 4 is 38.9 Å². The van der Waals surface area contributed by atoms with Crippen LogP contribution in [0.5, 0.6) is 0 Å². The maximum Gasteiger partial charge on any atom is 0.353 e. The van der Waals surface area contributed by atoms with Crippen molar-refractivity contribution in [3.8, 4) is 0 Å². The smallest absolute Gasteiger partial charge is 0.353 e. The molecule has 0 amide bonds. The van der Waals surface area contributed by atoms with Crippen molar-refractivity contribution in [2.24, 2.45) is 0 Å². The van der Waals surface area contributed by atoms with Gasteiger partial charge in [0.25, 0.3) is 0 Å². The molecule has 2 N–H and O–H groups in total. The number of furan rings is 1. The highest BCUT2D eigenvalue weighted by Gasteiger charge is 2.23. The topological polar surface area (TPSA) is 106 Å². The molecule has 0 fully saturated rings. The van der Waals surface area contributed by atoms with Crippen molar-refractivity contribution in [1.29, 1.82) is 0 Å². The zero-order chi connectivity index (χ0) is 17.8. The normalized spacial score (nSPS) is 10.5. The van der Waals surface area contributed by atoms with Crippen molar-refractivity contribution in [2.45, 2.75) is 6.54 Å². The molecule has 10 heteroatoms. The van der Waals surface area contributed by atoms with E-state index in [0.717, 1.165) is 6.33 Å². The molecule has 25 heavy (non-hydrogen) atoms. The van der Waals surface area contributed by atoms with Crippen molar-refractivity contribution in [2.75, 3.05) is 10.6 Å². The van der Waals surface area contributed by atoms with E-state index in [2.05, 4.69) is 36.5 Å². The number of nitrogens with one attached hydrogen (secondary N) is 2. The van der Waals surface area contributed by atoms with Crippen LogP contribution in [0.2, 0.25) is 0 Å². The lowest BCUT2D eigenvalue weighted by Crippen LogP contribution is -2.08. The molecule has 8 nitrogen and oxygen atoms in total. The first kappa shape index (κ1) is 16.8. The van der Waals surface area contributed by atoms with Gasteiger partial charge < -0.3 is 15.1 Å². The number of hydrogen-bond acceptors (Lipinski definition) is 7. The molecule has 0 aliphatic heterocycles. The second-order valence-corrected chi connectivity index (χ2v) is 5.77. The fourth-order valence-electron chi connectivity index (χ4n) is 2.07. The third-order valence-corrected chi connectivity index (χ3v) is 3.69. The molecule has 0 spiro atoms. The van der Waals surface area contributed by atoms with Gasteiger partial charge >= 0.3 is 5.69 Å². The van der Waals surface area contributed by atoms with Gasteiger partial charge in [-0.1, -0.05) is 15.9 Å². The molecule has 0 aliphatic carbocycles. The highest BCUT2D eigenvalue weighted by Crippen LogP contribution is 2.32. The minimum atomic E-state index is -0.635. The van der Waals surface area contributed by atoms with E-state index >= 15 is 0 Å². The van der Waals surface area contributed by atoms with Crippen LogP contribution < -0.4 is 10.6 Å². The molecule has 1 aromatic carbocycles. The van der Waals surface area contributed by atoms with Crippen LogP contribution in [0, 0.1) is 15.9 Å². The first-order valence-corrected chi connectivity index (χ1v) is 7.81. The second kappa shape index (κ2) is 7.26. The van der Waals surface area contributed by atoms with Crippen molar-refractivity contribution < 1.29 is 13.7 Å². The van der Waals surface area contributed by atoms with Gasteiger partial charge in [0.1, 0.15) is 17.9 Å². The molecule has 3 rings (SSSR count). The number of aromatic nitrogens is 2. The summed E-state index contributed by atoms with van der Waals surface area (Å²) in [4.78, 5) is 18.6. The molecule has 0 radical (unpaired) electrons. The summed E-state index contributed by atoms with van der Waals surface area (Å²) in [6.45, 7) is 0.205. The third-order valence-electron chi connectivity index (χ3n) is 3.20. The Morgan fingerprint density at radius 1 is 1.28 bits per heavy atom. The van der Waals surface area contributed by atoms with Crippen LogP contribution in [-0.4, -0.2) is 14.9 Å². The maximum absolute atomic E-state index is 14.0. The summed E-state index contributed by atoms with van der Waals surface area (Å²) in [5, 5.41) is 16.9. The van der Waals surface area contributed by atoms with Crippen LogP contribution in [0.3, 0.4) is 0 Å². The standard InChI is InChI=1S/C15H11BrFN5O3/c16-9-3-4-12(11(17)6-9)21-15-13(22(23)24)14(19-8-20-15)18-7-10-2-1-5-25-10/h1-6,8H,7H2,(H2,18,19,20,21). The van der Waals surface area contributed by atoms with Gasteiger partial charge in [0.05, 0.1) is 23.4 Å². The van der Waals surface area contributed by atoms with E-state index in [9.17, 15) is 14.5 Å². The molecule has 128 valence electrons. The lowest BCUT2D eigenvalue weighted by Gasteiger charge is -2.10. The Morgan fingerprint density at radius 3 is 2.76 bits per heavy atom. The molecule has 2 heterocycles. The minimum Gasteiger partial charge on any atom is -0.467 e. The van der Waals surface area contributed by atoms with Crippen molar-refractivity contribution in [3.63, 3.8) is 0 Å². The van der Waals surface area contributed by atoms with E-state index in [1.165, 1.54) is 18.4 Å². The van der Waals surface area contributed by atoms with Crippen molar-refractivity contribution in [1.82, 2.24) is 9.97 Å². The van der Waals surface area contributed by atoms with Crippen LogP contribution in [0.15, 0.2) is 51.8 Å². The summed E-state index contributed by atoms with van der Waals surface area (Å²) >= 11 is 3.15. The largest absolute Gasteiger partial charge is 0.467 e. The fraction of sp³-hybridized carbons (Fsp3) is 0.0667. The van der Waals surface area contributed by atoms with Crippen LogP contribution >= 0.6 is 15.9 Å². The first-order chi connectivity index (χ1) is 12.0. The zero-order valence-corrected chi connectivity index (χ0v) is 14.2. The van der Waals surface area contributed by atoms with Crippen LogP contribution in [0.1, 0.15) is 5.76 Å². The van der Waals surface area contributed by atoms with E-state index in [0.29, 0.717) is 10.2 Å². The summed E-state index contributed by atoms with van der Waals surface area (Å²) in [6, 6.07) is 7.71. The Hall–Kier alpha value is -3.01. The molecule has 2 aromatic heterocycles. The molecular formula is C15H11BrFN5O3. The minimum absolute atomic E-state index is 0.00331. The molecule has 0 bridgehead atoms. The summed E-state index contributed by atoms with van der Waals surface area (Å²) < 4.78 is 19.7. The number of benzene rings is 1. The Morgan fingerprint density at radius 2 is 2.08 bits per heavy atom. The van der Waals surface area contributed by atoms with E-state index in [1.807, 2.05) is 0 Å². The average molecular weight is 408 g/mol. The number of hydrogen-bond donors (Lipinski definition) is 2. The Balaban J connectivity index is 1.90. The van der Waals surface area contributed by atoms with Gasteiger partial charge in [0.2, 0.25) is 11.6 Å². The number of rotatable bonds is 6. The van der Waals surface area contributed by atoms with Gasteiger partial charge in [-0.3, -0.25) is 10.1 Å². The van der Waals surface area contributed by atoms with Gasteiger partial charge in [0.15, 0.2) is 0 Å². The number of nitrogens with zero attached hydrogens (tertiary/aromatic N) is 3. The molecular weight excluding hydrogens is 397 g/mol. The van der Waals surface area contributed by atoms with Gasteiger partial charge in [0, 0.05) is 4.47 Å². The maximum atomic E-state index is 14.0. The van der Waals surface area contributed by atoms with E-state index < -0.39 is 16.4 Å². The monoisotopic (exact) mass is 407 g/mol. The van der Waals surface area contributed by atoms with Crippen LogP contribution in [-0.2, 0) is 6.54 Å². The molecule has 0 saturated heterocycles. The van der Waals surface area contributed by atoms with Crippen LogP contribution in [0.4, 0.5) is 27.4 Å². The predicted molar refractivity (Wildman–Crippen MR) is 92.1 cm³/mol. The highest BCUT2D eigenvalue weighted by molar-refractivity contribution is 9.10. The van der Waals surface area contributed by atoms with Gasteiger partial charge in [-0.05, 0) is 30.3 Å². The van der Waals surface area contributed by atoms with Crippen LogP contribution in [0.25, 0.3) is 0 Å². The molecule has 3 aromatic rings. The van der Waals surface area contributed by atoms with Crippen molar-refractivity contribution in [3.05, 3.63) is 69.1 Å². The van der Waals surface area contributed by atoms with E-state index in [-0.39, 0.29) is 23.9 Å². The van der Waals surface area contributed by atoms with E-state index in [4.69, 9.17) is 4.42 Å². The second-order valence-electron chi connectivity index (χ2n) is 4.86. The zero-order valence-electron chi connectivity index (χ0n) is 12.6. The fourth-order valence-corrected chi connectivity index (χ4v) is 2.41. The Kier molecular flexibility index (Phi) is 4.89. The molecule has 0 unspecified atom stereocenters. The number of nitro groups is 1. The van der Waals surface area contributed by atoms with E-state index in [1.54, 1.807) is 18.2 Å². The Labute approximate surface area is 149 Å². The summed E-state index contributed by atoms with van der Waals surface area (Å²) in [6.07, 6.45) is 2.64. The molecule has 0 aliphatic rings. The quantitative estimate of drug-likeness (QED) is 0.464. The highest BCUT2D eigenvalue weighted by atomic mass is 79.9. The first-order valence-electron chi connectivity index (χ1n) is 7.02. The van der Waals surface area contributed by atoms with Gasteiger partial charge in [-0.25, -0.2) is 14.4 Å². The SMILES string of the molecule is O=[N+]([O-])c1c(NCc2ccco2)ncnc1Nc1ccc(Br)cc1F. The lowest BCUT2D eigenvalue weighted by molar-refractivity contribution is -0.383. The summed E-state index contributed by atoms with van der Waals surface area (Å²) in [5.41, 5.74) is -0.335. The average Bonchev–Trinajstić information content (AvgIpc) is 3.09. The number of anilines is 3. The number of halogens is 2. The third kappa shape index (κ3) is 3.91. The summed E-state index contributed by atoms with van der Waals surface area (Å²) in [5.74, 6) is -0.117. The molecule has 0 atom stereocenters. The summed E-state index contributed by atoms with van der Waals surface area (Å²) in [7, 11) is 0. The Bertz CT molecular complexity index is 904. The molecule has 0 saturated carbocycles. The predicted octanol–water partition coefficient (Wildman–Crippen LogP) is 4.24. The van der Waals surface area contributed by atoms with Gasteiger partial charge in [-0.15, -0.1) is 0 Å². The van der Waals surface area contributed by atoms with Gasteiger partial charge in [-0.2, -0.15) is 0 Å². The lowest BCUT2D eigenvalue weighted by atomic mass is 10.3.